The Morgan fingerprint density at radius 3 is 2.68 bits per heavy atom. The highest BCUT2D eigenvalue weighted by Gasteiger charge is 2.15. The molecule has 25 heavy (non-hydrogen) atoms. The number of para-hydroxylation sites is 1. The van der Waals surface area contributed by atoms with Crippen LogP contribution in [-0.4, -0.2) is 23.4 Å². The Morgan fingerprint density at radius 1 is 1.12 bits per heavy atom. The maximum absolute atomic E-state index is 12.2. The van der Waals surface area contributed by atoms with Crippen LogP contribution in [0.2, 0.25) is 0 Å². The molecule has 3 aromatic rings. The van der Waals surface area contributed by atoms with Crippen LogP contribution in [0, 0.1) is 6.92 Å². The third-order valence-corrected chi connectivity index (χ3v) is 4.17. The Labute approximate surface area is 145 Å². The number of amides is 1. The fourth-order valence-electron chi connectivity index (χ4n) is 2.99. The summed E-state index contributed by atoms with van der Waals surface area (Å²) in [6.45, 7) is 2.53. The number of carboxylic acid groups (broad SMARTS) is 1. The van der Waals surface area contributed by atoms with Crippen LogP contribution in [0.4, 0.5) is 0 Å². The number of carboxylic acids is 1. The quantitative estimate of drug-likeness (QED) is 0.719. The van der Waals surface area contributed by atoms with Crippen LogP contribution in [0.3, 0.4) is 0 Å². The summed E-state index contributed by atoms with van der Waals surface area (Å²) >= 11 is 0. The maximum Gasteiger partial charge on any atom is 0.224 e. The molecule has 0 saturated carbocycles. The van der Waals surface area contributed by atoms with E-state index in [1.54, 1.807) is 12.1 Å². The Balaban J connectivity index is 1.67. The lowest BCUT2D eigenvalue weighted by atomic mass is 10.1. The van der Waals surface area contributed by atoms with Gasteiger partial charge in [0.25, 0.3) is 0 Å². The van der Waals surface area contributed by atoms with E-state index < -0.39 is 5.97 Å². The molecular weight excluding hydrogens is 316 g/mol. The molecule has 0 radical (unpaired) electrons. The minimum atomic E-state index is -1.31. The van der Waals surface area contributed by atoms with E-state index in [2.05, 4.69) is 16.4 Å². The van der Waals surface area contributed by atoms with Crippen molar-refractivity contribution in [3.05, 3.63) is 70.9 Å². The van der Waals surface area contributed by atoms with E-state index in [9.17, 15) is 14.7 Å². The zero-order valence-electron chi connectivity index (χ0n) is 14.0. The standard InChI is InChI=1S/C20H20N2O3/c1-13-5-4-6-14(11-13)9-10-21-18(23)12-16-15-7-2-3-8-17(15)22-19(16)20(24)25/h2-8,11,22H,9-10,12H2,1H3,(H,21,23)(H,24,25)/p-1. The van der Waals surface area contributed by atoms with Crippen molar-refractivity contribution < 1.29 is 14.7 Å². The molecule has 0 unspecified atom stereocenters. The van der Waals surface area contributed by atoms with Crippen molar-refractivity contribution in [1.82, 2.24) is 10.3 Å². The largest absolute Gasteiger partial charge is 0.543 e. The molecule has 0 atom stereocenters. The summed E-state index contributed by atoms with van der Waals surface area (Å²) in [6, 6.07) is 15.3. The van der Waals surface area contributed by atoms with Gasteiger partial charge in [-0.1, -0.05) is 48.0 Å². The van der Waals surface area contributed by atoms with Crippen LogP contribution in [0.15, 0.2) is 48.5 Å². The zero-order valence-corrected chi connectivity index (χ0v) is 14.0. The van der Waals surface area contributed by atoms with Gasteiger partial charge >= 0.3 is 0 Å². The molecule has 1 aromatic heterocycles. The Morgan fingerprint density at radius 2 is 1.92 bits per heavy atom. The highest BCUT2D eigenvalue weighted by molar-refractivity contribution is 5.99. The molecule has 5 heteroatoms. The predicted molar refractivity (Wildman–Crippen MR) is 94.2 cm³/mol. The molecule has 0 aliphatic heterocycles. The van der Waals surface area contributed by atoms with Crippen LogP contribution >= 0.6 is 0 Å². The molecule has 0 spiro atoms. The van der Waals surface area contributed by atoms with Gasteiger partial charge in [-0.25, -0.2) is 0 Å². The first-order valence-corrected chi connectivity index (χ1v) is 8.18. The topological polar surface area (TPSA) is 85.0 Å². The molecule has 2 aromatic carbocycles. The molecule has 1 heterocycles. The average molecular weight is 335 g/mol. The van der Waals surface area contributed by atoms with Crippen LogP contribution in [0.5, 0.6) is 0 Å². The van der Waals surface area contributed by atoms with Gasteiger partial charge < -0.3 is 20.2 Å². The Kier molecular flexibility index (Phi) is 4.84. The maximum atomic E-state index is 12.2. The number of nitrogens with one attached hydrogen (secondary N) is 2. The summed E-state index contributed by atoms with van der Waals surface area (Å²) in [7, 11) is 0. The second-order valence-electron chi connectivity index (χ2n) is 6.08. The number of hydrogen-bond acceptors (Lipinski definition) is 3. The molecule has 0 aliphatic carbocycles. The van der Waals surface area contributed by atoms with E-state index in [0.29, 0.717) is 17.6 Å². The first kappa shape index (κ1) is 16.8. The van der Waals surface area contributed by atoms with Crippen molar-refractivity contribution in [2.75, 3.05) is 6.54 Å². The fourth-order valence-corrected chi connectivity index (χ4v) is 2.99. The van der Waals surface area contributed by atoms with Crippen molar-refractivity contribution in [3.8, 4) is 0 Å². The molecule has 1 amide bonds. The Hall–Kier alpha value is -3.08. The van der Waals surface area contributed by atoms with E-state index in [4.69, 9.17) is 0 Å². The van der Waals surface area contributed by atoms with E-state index in [-0.39, 0.29) is 18.0 Å². The summed E-state index contributed by atoms with van der Waals surface area (Å²) in [4.78, 5) is 26.4. The molecular formula is C20H19N2O3-. The molecule has 0 aliphatic rings. The van der Waals surface area contributed by atoms with Crippen LogP contribution in [-0.2, 0) is 17.6 Å². The van der Waals surface area contributed by atoms with Gasteiger partial charge in [0.15, 0.2) is 0 Å². The number of aromatic nitrogens is 1. The number of carbonyl (C=O) groups is 2. The summed E-state index contributed by atoms with van der Waals surface area (Å²) in [5.41, 5.74) is 3.45. The molecule has 5 nitrogen and oxygen atoms in total. The smallest absolute Gasteiger partial charge is 0.224 e. The minimum Gasteiger partial charge on any atom is -0.543 e. The van der Waals surface area contributed by atoms with E-state index in [0.717, 1.165) is 17.4 Å². The van der Waals surface area contributed by atoms with Gasteiger partial charge in [0.05, 0.1) is 18.1 Å². The number of aryl methyl sites for hydroxylation is 1. The van der Waals surface area contributed by atoms with Crippen LogP contribution in [0.25, 0.3) is 10.9 Å². The number of benzene rings is 2. The van der Waals surface area contributed by atoms with Gasteiger partial charge in [0.1, 0.15) is 0 Å². The monoisotopic (exact) mass is 335 g/mol. The highest BCUT2D eigenvalue weighted by atomic mass is 16.4. The van der Waals surface area contributed by atoms with Gasteiger partial charge in [-0.15, -0.1) is 0 Å². The lowest BCUT2D eigenvalue weighted by Crippen LogP contribution is -2.29. The van der Waals surface area contributed by atoms with Crippen molar-refractivity contribution >= 4 is 22.8 Å². The fraction of sp³-hybridized carbons (Fsp3) is 0.200. The summed E-state index contributed by atoms with van der Waals surface area (Å²) in [6.07, 6.45) is 0.732. The highest BCUT2D eigenvalue weighted by Crippen LogP contribution is 2.22. The number of rotatable bonds is 6. The van der Waals surface area contributed by atoms with Gasteiger partial charge in [-0.2, -0.15) is 0 Å². The average Bonchev–Trinajstić information content (AvgIpc) is 2.94. The number of carbonyl (C=O) groups excluding carboxylic acids is 2. The third-order valence-electron chi connectivity index (χ3n) is 4.17. The second kappa shape index (κ2) is 7.21. The predicted octanol–water partition coefficient (Wildman–Crippen LogP) is 1.74. The lowest BCUT2D eigenvalue weighted by Gasteiger charge is -2.08. The van der Waals surface area contributed by atoms with Crippen molar-refractivity contribution in [3.63, 3.8) is 0 Å². The van der Waals surface area contributed by atoms with Crippen molar-refractivity contribution in [2.24, 2.45) is 0 Å². The molecule has 0 saturated heterocycles. The minimum absolute atomic E-state index is 0.00114. The van der Waals surface area contributed by atoms with Gasteiger partial charge in [-0.05, 0) is 30.5 Å². The summed E-state index contributed by atoms with van der Waals surface area (Å²) in [5, 5.41) is 14.9. The zero-order chi connectivity index (χ0) is 17.8. The third kappa shape index (κ3) is 3.88. The first-order chi connectivity index (χ1) is 12.0. The molecule has 3 rings (SSSR count). The van der Waals surface area contributed by atoms with Gasteiger partial charge in [0.2, 0.25) is 5.91 Å². The van der Waals surface area contributed by atoms with Gasteiger partial charge in [-0.3, -0.25) is 4.79 Å². The molecule has 0 bridgehead atoms. The normalized spacial score (nSPS) is 10.8. The number of aromatic amines is 1. The van der Waals surface area contributed by atoms with E-state index in [1.165, 1.54) is 5.56 Å². The van der Waals surface area contributed by atoms with E-state index in [1.807, 2.05) is 37.3 Å². The molecule has 2 N–H and O–H groups in total. The number of fused-ring (bicyclic) bond motifs is 1. The summed E-state index contributed by atoms with van der Waals surface area (Å²) < 4.78 is 0. The van der Waals surface area contributed by atoms with Crippen LogP contribution in [0.1, 0.15) is 27.2 Å². The molecule has 128 valence electrons. The lowest BCUT2D eigenvalue weighted by molar-refractivity contribution is -0.255. The van der Waals surface area contributed by atoms with Gasteiger partial charge in [0, 0.05) is 17.4 Å². The summed E-state index contributed by atoms with van der Waals surface area (Å²) in [5.74, 6) is -1.52. The van der Waals surface area contributed by atoms with Crippen LogP contribution < -0.4 is 10.4 Å². The number of hydrogen-bond donors (Lipinski definition) is 2. The number of aromatic carboxylic acids is 1. The second-order valence-corrected chi connectivity index (χ2v) is 6.08. The molecule has 0 fully saturated rings. The Bertz CT molecular complexity index is 928. The SMILES string of the molecule is Cc1cccc(CCNC(=O)Cc2c(C(=O)[O-])[nH]c3ccccc23)c1. The van der Waals surface area contributed by atoms with E-state index >= 15 is 0 Å². The van der Waals surface area contributed by atoms with Crippen molar-refractivity contribution in [1.29, 1.82) is 0 Å². The first-order valence-electron chi connectivity index (χ1n) is 8.18. The van der Waals surface area contributed by atoms with Crippen molar-refractivity contribution in [2.45, 2.75) is 19.8 Å². The number of H-pyrrole nitrogens is 1.